The van der Waals surface area contributed by atoms with Crippen LogP contribution in [0.2, 0.25) is 5.02 Å². The van der Waals surface area contributed by atoms with Crippen molar-refractivity contribution >= 4 is 45.8 Å². The Kier molecular flexibility index (Phi) is 6.38. The number of nitrogens with one attached hydrogen (secondary N) is 2. The quantitative estimate of drug-likeness (QED) is 0.335. The minimum Gasteiger partial charge on any atom is -0.369 e. The monoisotopic (exact) mass is 512 g/mol. The number of carbonyl (C=O) groups is 1. The van der Waals surface area contributed by atoms with Crippen molar-refractivity contribution < 1.29 is 23.1 Å². The maximum absolute atomic E-state index is 13.0. The van der Waals surface area contributed by atoms with E-state index in [2.05, 4.69) is 35.6 Å². The average Bonchev–Trinajstić information content (AvgIpc) is 3.42. The molecule has 0 radical (unpaired) electrons. The van der Waals surface area contributed by atoms with Crippen LogP contribution in [-0.2, 0) is 13.2 Å². The molecule has 10 nitrogen and oxygen atoms in total. The molecule has 0 bridgehead atoms. The van der Waals surface area contributed by atoms with Crippen LogP contribution in [0.3, 0.4) is 0 Å². The molecule has 1 unspecified atom stereocenters. The summed E-state index contributed by atoms with van der Waals surface area (Å²) in [6.07, 6.45) is -1.07. The number of halogens is 4. The highest BCUT2D eigenvalue weighted by atomic mass is 35.5. The van der Waals surface area contributed by atoms with Gasteiger partial charge in [0.15, 0.2) is 17.6 Å². The summed E-state index contributed by atoms with van der Waals surface area (Å²) in [5.41, 5.74) is -0.122. The van der Waals surface area contributed by atoms with Crippen LogP contribution in [-0.4, -0.2) is 40.5 Å². The number of carbonyl (C=O) groups excluding carboxylic acids is 1. The van der Waals surface area contributed by atoms with Crippen LogP contribution in [0.1, 0.15) is 45.1 Å². The Hall–Kier alpha value is -3.36. The van der Waals surface area contributed by atoms with E-state index in [4.69, 9.17) is 11.6 Å². The molecule has 34 heavy (non-hydrogen) atoms. The summed E-state index contributed by atoms with van der Waals surface area (Å²) >= 11 is 6.62. The van der Waals surface area contributed by atoms with Gasteiger partial charge in [-0.15, -0.1) is 11.3 Å². The number of amides is 1. The van der Waals surface area contributed by atoms with Crippen molar-refractivity contribution in [2.45, 2.75) is 25.4 Å². The molecular formula is C19H16ClF3N8O2S. The van der Waals surface area contributed by atoms with Gasteiger partial charge < -0.3 is 20.3 Å². The molecule has 4 rings (SSSR count). The number of aryl methyl sites for hydroxylation is 1. The van der Waals surface area contributed by atoms with Crippen molar-refractivity contribution in [2.75, 3.05) is 5.32 Å². The molecular weight excluding hydrogens is 497 g/mol. The molecule has 0 aliphatic carbocycles. The second kappa shape index (κ2) is 9.12. The molecule has 3 N–H and O–H groups in total. The standard InChI is InChI=1S/C19H16ClF3N8O2S/c1-8(29-17(33)14-13-15(27-6-26-14)31(2)7-28-13)18-25-5-11(34-18)16(32)30-12-3-9(19(21,22)23)10(20)4-24-12/h3-8,16,32H,1-2H3,(H,24,30)(H,29,33)/t8-,16?/m0/s1. The van der Waals surface area contributed by atoms with E-state index in [9.17, 15) is 23.1 Å². The van der Waals surface area contributed by atoms with Crippen molar-refractivity contribution in [2.24, 2.45) is 7.05 Å². The molecule has 0 spiro atoms. The molecule has 0 fully saturated rings. The summed E-state index contributed by atoms with van der Waals surface area (Å²) in [6.45, 7) is 1.69. The van der Waals surface area contributed by atoms with E-state index >= 15 is 0 Å². The van der Waals surface area contributed by atoms with Crippen molar-refractivity contribution in [3.05, 3.63) is 57.3 Å². The number of hydrogen-bond acceptors (Lipinski definition) is 9. The molecule has 15 heteroatoms. The van der Waals surface area contributed by atoms with Gasteiger partial charge >= 0.3 is 6.18 Å². The first-order valence-corrected chi connectivity index (χ1v) is 10.8. The molecule has 0 saturated carbocycles. The maximum atomic E-state index is 13.0. The molecule has 0 saturated heterocycles. The van der Waals surface area contributed by atoms with Gasteiger partial charge in [-0.2, -0.15) is 13.2 Å². The first kappa shape index (κ1) is 23.8. The van der Waals surface area contributed by atoms with E-state index in [0.717, 1.165) is 17.5 Å². The fourth-order valence-corrected chi connectivity index (χ4v) is 4.08. The van der Waals surface area contributed by atoms with Gasteiger partial charge in [-0.1, -0.05) is 11.6 Å². The third-order valence-electron chi connectivity index (χ3n) is 4.69. The number of aliphatic hydroxyl groups is 1. The number of aromatic nitrogens is 6. The van der Waals surface area contributed by atoms with E-state index in [1.54, 1.807) is 18.5 Å². The van der Waals surface area contributed by atoms with Gasteiger partial charge in [0.2, 0.25) is 0 Å². The van der Waals surface area contributed by atoms with Crippen LogP contribution in [0.25, 0.3) is 11.2 Å². The number of aliphatic hydroxyl groups excluding tert-OH is 1. The van der Waals surface area contributed by atoms with Crippen LogP contribution in [0, 0.1) is 0 Å². The second-order valence-corrected chi connectivity index (χ2v) is 8.64. The van der Waals surface area contributed by atoms with Crippen LogP contribution < -0.4 is 10.6 Å². The fraction of sp³-hybridized carbons (Fsp3) is 0.263. The fourth-order valence-electron chi connectivity index (χ4n) is 3.01. The van der Waals surface area contributed by atoms with Gasteiger partial charge in [-0.05, 0) is 13.0 Å². The molecule has 4 heterocycles. The number of nitrogens with zero attached hydrogens (tertiary/aromatic N) is 6. The minimum absolute atomic E-state index is 0.102. The summed E-state index contributed by atoms with van der Waals surface area (Å²) in [6, 6.07) is 0.147. The summed E-state index contributed by atoms with van der Waals surface area (Å²) < 4.78 is 40.8. The Morgan fingerprint density at radius 2 is 1.97 bits per heavy atom. The van der Waals surface area contributed by atoms with Gasteiger partial charge in [0, 0.05) is 19.4 Å². The number of alkyl halides is 3. The lowest BCUT2D eigenvalue weighted by Gasteiger charge is -2.14. The maximum Gasteiger partial charge on any atom is 0.418 e. The number of fused-ring (bicyclic) bond motifs is 1. The van der Waals surface area contributed by atoms with Crippen LogP contribution in [0.4, 0.5) is 19.0 Å². The van der Waals surface area contributed by atoms with E-state index in [0.29, 0.717) is 27.1 Å². The predicted molar refractivity (Wildman–Crippen MR) is 117 cm³/mol. The average molecular weight is 513 g/mol. The van der Waals surface area contributed by atoms with Crippen LogP contribution >= 0.6 is 22.9 Å². The lowest BCUT2D eigenvalue weighted by molar-refractivity contribution is -0.137. The normalized spacial score (nSPS) is 13.6. The third-order valence-corrected chi connectivity index (χ3v) is 6.22. The highest BCUT2D eigenvalue weighted by Gasteiger charge is 2.34. The molecule has 2 atom stereocenters. The third kappa shape index (κ3) is 4.78. The molecule has 178 valence electrons. The Morgan fingerprint density at radius 3 is 2.71 bits per heavy atom. The van der Waals surface area contributed by atoms with Gasteiger partial charge in [0.1, 0.15) is 22.7 Å². The Bertz CT molecular complexity index is 1360. The summed E-state index contributed by atoms with van der Waals surface area (Å²) in [7, 11) is 1.74. The zero-order valence-corrected chi connectivity index (χ0v) is 19.1. The van der Waals surface area contributed by atoms with E-state index in [-0.39, 0.29) is 11.5 Å². The molecule has 0 aliphatic heterocycles. The van der Waals surface area contributed by atoms with E-state index in [1.807, 2.05) is 0 Å². The van der Waals surface area contributed by atoms with Crippen LogP contribution in [0.15, 0.2) is 31.1 Å². The number of imidazole rings is 1. The number of anilines is 1. The molecule has 4 aromatic heterocycles. The Morgan fingerprint density at radius 1 is 1.21 bits per heavy atom. The van der Waals surface area contributed by atoms with Crippen molar-refractivity contribution in [3.8, 4) is 0 Å². The van der Waals surface area contributed by atoms with Crippen molar-refractivity contribution in [1.82, 2.24) is 34.8 Å². The largest absolute Gasteiger partial charge is 0.418 e. The highest BCUT2D eigenvalue weighted by Crippen LogP contribution is 2.36. The zero-order valence-electron chi connectivity index (χ0n) is 17.5. The molecule has 1 amide bonds. The van der Waals surface area contributed by atoms with Gasteiger partial charge in [-0.3, -0.25) is 4.79 Å². The first-order valence-electron chi connectivity index (χ1n) is 9.60. The molecule has 0 aliphatic rings. The van der Waals surface area contributed by atoms with Crippen molar-refractivity contribution in [3.63, 3.8) is 0 Å². The Balaban J connectivity index is 1.46. The number of pyridine rings is 1. The van der Waals surface area contributed by atoms with E-state index < -0.39 is 34.9 Å². The van der Waals surface area contributed by atoms with Gasteiger partial charge in [0.05, 0.1) is 27.8 Å². The summed E-state index contributed by atoms with van der Waals surface area (Å²) in [4.78, 5) is 33.2. The number of rotatable bonds is 6. The lowest BCUT2D eigenvalue weighted by atomic mass is 10.2. The lowest BCUT2D eigenvalue weighted by Crippen LogP contribution is -2.27. The zero-order chi connectivity index (χ0) is 24.6. The minimum atomic E-state index is -4.67. The predicted octanol–water partition coefficient (Wildman–Crippen LogP) is 3.48. The van der Waals surface area contributed by atoms with Gasteiger partial charge in [0.25, 0.3) is 5.91 Å². The van der Waals surface area contributed by atoms with Crippen molar-refractivity contribution in [1.29, 1.82) is 0 Å². The van der Waals surface area contributed by atoms with E-state index in [1.165, 1.54) is 18.9 Å². The smallest absolute Gasteiger partial charge is 0.369 e. The topological polar surface area (TPSA) is 131 Å². The highest BCUT2D eigenvalue weighted by molar-refractivity contribution is 7.11. The Labute approximate surface area is 198 Å². The molecule has 4 aromatic rings. The molecule has 0 aromatic carbocycles. The summed E-state index contributed by atoms with van der Waals surface area (Å²) in [5, 5.41) is 15.5. The van der Waals surface area contributed by atoms with Crippen LogP contribution in [0.5, 0.6) is 0 Å². The second-order valence-electron chi connectivity index (χ2n) is 7.14. The number of hydrogen-bond donors (Lipinski definition) is 3. The number of thiazole rings is 1. The summed E-state index contributed by atoms with van der Waals surface area (Å²) in [5.74, 6) is -0.706. The SMILES string of the molecule is C[C@H](NC(=O)c1ncnc2c1ncn2C)c1ncc(C(O)Nc2cc(C(F)(F)F)c(Cl)cn2)s1. The first-order chi connectivity index (χ1) is 16.0. The van der Waals surface area contributed by atoms with Gasteiger partial charge in [-0.25, -0.2) is 24.9 Å².